The third kappa shape index (κ3) is 2.03. The molecule has 0 aromatic carbocycles. The van der Waals surface area contributed by atoms with Crippen molar-refractivity contribution in [2.75, 3.05) is 13.2 Å². The number of rotatable bonds is 3. The molecule has 3 aliphatic rings. The number of hydrogen-bond acceptors (Lipinski definition) is 3. The minimum absolute atomic E-state index is 0.487. The van der Waals surface area contributed by atoms with Gasteiger partial charge in [-0.1, -0.05) is 0 Å². The minimum Gasteiger partial charge on any atom is -0.378 e. The number of ketones is 1. The molecule has 0 radical (unpaired) electrons. The van der Waals surface area contributed by atoms with Crippen molar-refractivity contribution in [3.05, 3.63) is 0 Å². The fourth-order valence-electron chi connectivity index (χ4n) is 3.59. The summed E-state index contributed by atoms with van der Waals surface area (Å²) in [7, 11) is 0. The molecule has 3 heterocycles. The highest BCUT2D eigenvalue weighted by molar-refractivity contribution is 5.80. The molecule has 0 aliphatic carbocycles. The molecule has 3 saturated heterocycles. The molecule has 3 nitrogen and oxygen atoms in total. The highest BCUT2D eigenvalue weighted by atomic mass is 16.5. The molecule has 90 valence electrons. The normalized spacial score (nSPS) is 39.5. The molecular weight excluding hydrogens is 202 g/mol. The van der Waals surface area contributed by atoms with Crippen LogP contribution in [0.1, 0.15) is 44.9 Å². The van der Waals surface area contributed by atoms with E-state index < -0.39 is 0 Å². The summed E-state index contributed by atoms with van der Waals surface area (Å²) < 4.78 is 5.66. The van der Waals surface area contributed by atoms with Crippen LogP contribution in [0.15, 0.2) is 0 Å². The Bertz CT molecular complexity index is 257. The quantitative estimate of drug-likeness (QED) is 0.730. The lowest BCUT2D eigenvalue weighted by atomic mass is 10.0. The summed E-state index contributed by atoms with van der Waals surface area (Å²) in [6.07, 6.45) is 8.23. The summed E-state index contributed by atoms with van der Waals surface area (Å²) in [6.45, 7) is 2.10. The fraction of sp³-hybridized carbons (Fsp3) is 0.923. The van der Waals surface area contributed by atoms with E-state index in [4.69, 9.17) is 4.74 Å². The van der Waals surface area contributed by atoms with Crippen molar-refractivity contribution < 1.29 is 9.53 Å². The van der Waals surface area contributed by atoms with Crippen molar-refractivity contribution in [2.45, 2.75) is 63.1 Å². The molecule has 0 aromatic rings. The molecule has 0 saturated carbocycles. The Hall–Kier alpha value is -0.410. The molecule has 3 heteroatoms. The molecule has 2 bridgehead atoms. The Balaban J connectivity index is 1.53. The van der Waals surface area contributed by atoms with Gasteiger partial charge in [-0.2, -0.15) is 0 Å². The van der Waals surface area contributed by atoms with E-state index in [0.29, 0.717) is 24.0 Å². The van der Waals surface area contributed by atoms with Crippen LogP contribution < -0.4 is 0 Å². The zero-order valence-corrected chi connectivity index (χ0v) is 9.86. The van der Waals surface area contributed by atoms with Gasteiger partial charge >= 0.3 is 0 Å². The zero-order chi connectivity index (χ0) is 11.0. The van der Waals surface area contributed by atoms with Crippen LogP contribution in [0.25, 0.3) is 0 Å². The summed E-state index contributed by atoms with van der Waals surface area (Å²) in [6, 6.07) is 1.13. The molecule has 0 amide bonds. The fourth-order valence-corrected chi connectivity index (χ4v) is 3.59. The first-order valence-electron chi connectivity index (χ1n) is 6.72. The average molecular weight is 223 g/mol. The van der Waals surface area contributed by atoms with Crippen LogP contribution in [0.3, 0.4) is 0 Å². The van der Waals surface area contributed by atoms with Gasteiger partial charge in [-0.25, -0.2) is 0 Å². The van der Waals surface area contributed by atoms with Gasteiger partial charge in [0.2, 0.25) is 0 Å². The van der Waals surface area contributed by atoms with Gasteiger partial charge < -0.3 is 4.74 Å². The third-order valence-corrected chi connectivity index (χ3v) is 4.43. The van der Waals surface area contributed by atoms with E-state index in [1.807, 2.05) is 0 Å². The third-order valence-electron chi connectivity index (χ3n) is 4.43. The number of hydrogen-bond donors (Lipinski definition) is 0. The SMILES string of the molecule is O=C1CC2CCC(C1)N2CCC1CCCO1. The first-order valence-corrected chi connectivity index (χ1v) is 6.72. The topological polar surface area (TPSA) is 29.5 Å². The molecule has 3 fully saturated rings. The predicted octanol–water partition coefficient (Wildman–Crippen LogP) is 1.75. The highest BCUT2D eigenvalue weighted by Crippen LogP contribution is 2.34. The maximum atomic E-state index is 11.5. The second-order valence-electron chi connectivity index (χ2n) is 5.49. The van der Waals surface area contributed by atoms with E-state index in [1.165, 1.54) is 32.1 Å². The number of carbonyl (C=O) groups excluding carboxylic acids is 1. The smallest absolute Gasteiger partial charge is 0.136 e. The average Bonchev–Trinajstić information content (AvgIpc) is 2.83. The summed E-state index contributed by atoms with van der Waals surface area (Å²) >= 11 is 0. The van der Waals surface area contributed by atoms with Gasteiger partial charge in [0.15, 0.2) is 0 Å². The first-order chi connectivity index (χ1) is 7.83. The largest absolute Gasteiger partial charge is 0.378 e. The van der Waals surface area contributed by atoms with Crippen LogP contribution in [0.4, 0.5) is 0 Å². The zero-order valence-electron chi connectivity index (χ0n) is 9.86. The van der Waals surface area contributed by atoms with Crippen LogP contribution in [0, 0.1) is 0 Å². The number of fused-ring (bicyclic) bond motifs is 2. The molecule has 3 atom stereocenters. The number of piperidine rings is 1. The maximum Gasteiger partial charge on any atom is 0.136 e. The Morgan fingerprint density at radius 3 is 2.56 bits per heavy atom. The van der Waals surface area contributed by atoms with Crippen molar-refractivity contribution in [2.24, 2.45) is 0 Å². The number of Topliss-reactive ketones (excluding diaryl/α,β-unsaturated/α-hetero) is 1. The van der Waals surface area contributed by atoms with Gasteiger partial charge in [0.1, 0.15) is 5.78 Å². The Morgan fingerprint density at radius 2 is 1.94 bits per heavy atom. The molecule has 0 N–H and O–H groups in total. The van der Waals surface area contributed by atoms with Gasteiger partial charge in [-0.15, -0.1) is 0 Å². The summed E-state index contributed by atoms with van der Waals surface area (Å²) in [5, 5.41) is 0. The lowest BCUT2D eigenvalue weighted by Gasteiger charge is -2.34. The van der Waals surface area contributed by atoms with Gasteiger partial charge in [-0.05, 0) is 32.1 Å². The van der Waals surface area contributed by atoms with Crippen molar-refractivity contribution in [1.29, 1.82) is 0 Å². The van der Waals surface area contributed by atoms with Gasteiger partial charge in [0, 0.05) is 38.1 Å². The van der Waals surface area contributed by atoms with E-state index in [0.717, 1.165) is 26.0 Å². The van der Waals surface area contributed by atoms with Crippen LogP contribution in [-0.2, 0) is 9.53 Å². The van der Waals surface area contributed by atoms with E-state index >= 15 is 0 Å². The number of carbonyl (C=O) groups is 1. The molecule has 0 spiro atoms. The lowest BCUT2D eigenvalue weighted by molar-refractivity contribution is -0.123. The number of ether oxygens (including phenoxy) is 1. The van der Waals surface area contributed by atoms with Crippen molar-refractivity contribution >= 4 is 5.78 Å². The van der Waals surface area contributed by atoms with E-state index in [1.54, 1.807) is 0 Å². The summed E-state index contributed by atoms with van der Waals surface area (Å²) in [5.41, 5.74) is 0. The summed E-state index contributed by atoms with van der Waals surface area (Å²) in [4.78, 5) is 14.1. The van der Waals surface area contributed by atoms with Crippen molar-refractivity contribution in [1.82, 2.24) is 4.90 Å². The van der Waals surface area contributed by atoms with Gasteiger partial charge in [0.05, 0.1) is 6.10 Å². The van der Waals surface area contributed by atoms with Crippen LogP contribution in [-0.4, -0.2) is 42.0 Å². The van der Waals surface area contributed by atoms with E-state index in [2.05, 4.69) is 4.90 Å². The molecular formula is C13H21NO2. The monoisotopic (exact) mass is 223 g/mol. The standard InChI is InChI=1S/C13H21NO2/c15-12-8-10-3-4-11(9-12)14(10)6-5-13-2-1-7-16-13/h10-11,13H,1-9H2. The Kier molecular flexibility index (Phi) is 2.99. The molecule has 3 aliphatic heterocycles. The molecule has 3 unspecified atom stereocenters. The second kappa shape index (κ2) is 4.46. The molecule has 0 aromatic heterocycles. The minimum atomic E-state index is 0.487. The van der Waals surface area contributed by atoms with E-state index in [9.17, 15) is 4.79 Å². The number of nitrogens with zero attached hydrogens (tertiary/aromatic N) is 1. The van der Waals surface area contributed by atoms with Crippen LogP contribution >= 0.6 is 0 Å². The lowest BCUT2D eigenvalue weighted by Crippen LogP contribution is -2.44. The molecule has 3 rings (SSSR count). The predicted molar refractivity (Wildman–Crippen MR) is 61.3 cm³/mol. The van der Waals surface area contributed by atoms with Crippen molar-refractivity contribution in [3.63, 3.8) is 0 Å². The van der Waals surface area contributed by atoms with E-state index in [-0.39, 0.29) is 0 Å². The summed E-state index contributed by atoms with van der Waals surface area (Å²) in [5.74, 6) is 0.487. The molecule has 16 heavy (non-hydrogen) atoms. The Labute approximate surface area is 97.1 Å². The van der Waals surface area contributed by atoms with Crippen molar-refractivity contribution in [3.8, 4) is 0 Å². The second-order valence-corrected chi connectivity index (χ2v) is 5.49. The maximum absolute atomic E-state index is 11.5. The highest BCUT2D eigenvalue weighted by Gasteiger charge is 2.39. The Morgan fingerprint density at radius 1 is 1.19 bits per heavy atom. The van der Waals surface area contributed by atoms with Crippen LogP contribution in [0.2, 0.25) is 0 Å². The van der Waals surface area contributed by atoms with Crippen LogP contribution in [0.5, 0.6) is 0 Å². The first kappa shape index (κ1) is 10.7. The van der Waals surface area contributed by atoms with Gasteiger partial charge in [0.25, 0.3) is 0 Å². The van der Waals surface area contributed by atoms with Gasteiger partial charge in [-0.3, -0.25) is 9.69 Å².